The molecule has 1 amide bonds. The molecule has 1 aliphatic carbocycles. The van der Waals surface area contributed by atoms with E-state index in [2.05, 4.69) is 15.8 Å². The molecular formula is C12H16FN3O. The molecule has 5 heteroatoms. The van der Waals surface area contributed by atoms with E-state index in [0.29, 0.717) is 5.82 Å². The smallest absolute Gasteiger partial charge is 0.244 e. The van der Waals surface area contributed by atoms with E-state index in [1.165, 1.54) is 12.1 Å². The highest BCUT2D eigenvalue weighted by molar-refractivity contribution is 5.83. The molecule has 0 radical (unpaired) electrons. The molecule has 4 nitrogen and oxygen atoms in total. The Kier molecular flexibility index (Phi) is 3.26. The molecule has 0 spiro atoms. The topological polar surface area (TPSA) is 54.0 Å². The van der Waals surface area contributed by atoms with Crippen LogP contribution in [0.15, 0.2) is 18.3 Å². The van der Waals surface area contributed by atoms with Crippen molar-refractivity contribution < 1.29 is 9.18 Å². The van der Waals surface area contributed by atoms with Gasteiger partial charge in [-0.05, 0) is 25.0 Å². The van der Waals surface area contributed by atoms with E-state index >= 15 is 0 Å². The van der Waals surface area contributed by atoms with Gasteiger partial charge in [0.15, 0.2) is 0 Å². The average Bonchev–Trinajstić information content (AvgIpc) is 2.76. The zero-order valence-electron chi connectivity index (χ0n) is 9.79. The molecule has 0 saturated heterocycles. The van der Waals surface area contributed by atoms with Gasteiger partial charge in [-0.2, -0.15) is 0 Å². The second-order valence-electron chi connectivity index (χ2n) is 4.71. The maximum atomic E-state index is 12.6. The number of hydrazine groups is 1. The van der Waals surface area contributed by atoms with Gasteiger partial charge >= 0.3 is 0 Å². The number of aromatic nitrogens is 1. The molecule has 17 heavy (non-hydrogen) atoms. The van der Waals surface area contributed by atoms with Crippen LogP contribution in [0.4, 0.5) is 10.2 Å². The molecule has 1 heterocycles. The van der Waals surface area contributed by atoms with E-state index in [-0.39, 0.29) is 11.3 Å². The van der Waals surface area contributed by atoms with Crippen LogP contribution in [0.5, 0.6) is 0 Å². The van der Waals surface area contributed by atoms with Crippen LogP contribution >= 0.6 is 0 Å². The van der Waals surface area contributed by atoms with Gasteiger partial charge in [0, 0.05) is 5.41 Å². The minimum Gasteiger partial charge on any atom is -0.282 e. The first-order valence-corrected chi connectivity index (χ1v) is 5.78. The Hall–Kier alpha value is -1.65. The van der Waals surface area contributed by atoms with Crippen LogP contribution in [0.25, 0.3) is 0 Å². The third kappa shape index (κ3) is 2.72. The second-order valence-corrected chi connectivity index (χ2v) is 4.71. The molecule has 1 aliphatic rings. The van der Waals surface area contributed by atoms with Crippen molar-refractivity contribution in [3.8, 4) is 0 Å². The van der Waals surface area contributed by atoms with Crippen molar-refractivity contribution >= 4 is 11.7 Å². The van der Waals surface area contributed by atoms with Gasteiger partial charge < -0.3 is 0 Å². The Morgan fingerprint density at radius 1 is 1.41 bits per heavy atom. The number of carbonyl (C=O) groups is 1. The van der Waals surface area contributed by atoms with Gasteiger partial charge in [0.1, 0.15) is 11.6 Å². The summed E-state index contributed by atoms with van der Waals surface area (Å²) in [5.74, 6) is 0.00658. The lowest BCUT2D eigenvalue weighted by Gasteiger charge is -2.22. The quantitative estimate of drug-likeness (QED) is 0.793. The maximum absolute atomic E-state index is 12.6. The predicted molar refractivity (Wildman–Crippen MR) is 62.5 cm³/mol. The number of nitrogens with one attached hydrogen (secondary N) is 2. The highest BCUT2D eigenvalue weighted by Crippen LogP contribution is 2.37. The van der Waals surface area contributed by atoms with Gasteiger partial charge in [-0.3, -0.25) is 15.6 Å². The lowest BCUT2D eigenvalue weighted by Crippen LogP contribution is -2.40. The van der Waals surface area contributed by atoms with E-state index in [9.17, 15) is 9.18 Å². The van der Waals surface area contributed by atoms with Crippen LogP contribution in [0.1, 0.15) is 32.6 Å². The largest absolute Gasteiger partial charge is 0.282 e. The summed E-state index contributed by atoms with van der Waals surface area (Å²) in [5, 5.41) is 0. The number of halogens is 1. The van der Waals surface area contributed by atoms with E-state index in [1.54, 1.807) is 0 Å². The molecule has 0 unspecified atom stereocenters. The summed E-state index contributed by atoms with van der Waals surface area (Å²) in [6, 6.07) is 2.77. The predicted octanol–water partition coefficient (Wildman–Crippen LogP) is 2.24. The molecular weight excluding hydrogens is 221 g/mol. The summed E-state index contributed by atoms with van der Waals surface area (Å²) in [7, 11) is 0. The van der Waals surface area contributed by atoms with E-state index < -0.39 is 5.82 Å². The number of rotatable bonds is 3. The molecule has 2 rings (SSSR count). The van der Waals surface area contributed by atoms with Crippen LogP contribution < -0.4 is 10.9 Å². The summed E-state index contributed by atoms with van der Waals surface area (Å²) >= 11 is 0. The second kappa shape index (κ2) is 4.69. The first kappa shape index (κ1) is 11.8. The Balaban J connectivity index is 1.89. The Morgan fingerprint density at radius 2 is 2.12 bits per heavy atom. The molecule has 1 aromatic rings. The van der Waals surface area contributed by atoms with Crippen molar-refractivity contribution in [2.24, 2.45) is 5.41 Å². The Bertz CT molecular complexity index is 399. The van der Waals surface area contributed by atoms with Crippen LogP contribution in [0.2, 0.25) is 0 Å². The molecule has 0 atom stereocenters. The fourth-order valence-corrected chi connectivity index (χ4v) is 2.10. The minimum absolute atomic E-state index is 0.0267. The van der Waals surface area contributed by atoms with Crippen LogP contribution in [-0.4, -0.2) is 10.9 Å². The van der Waals surface area contributed by atoms with Gasteiger partial charge in [-0.15, -0.1) is 0 Å². The highest BCUT2D eigenvalue weighted by Gasteiger charge is 2.36. The van der Waals surface area contributed by atoms with Gasteiger partial charge in [-0.1, -0.05) is 19.8 Å². The van der Waals surface area contributed by atoms with Crippen LogP contribution in [-0.2, 0) is 4.79 Å². The van der Waals surface area contributed by atoms with Crippen molar-refractivity contribution in [2.45, 2.75) is 32.6 Å². The first-order chi connectivity index (χ1) is 8.10. The van der Waals surface area contributed by atoms with E-state index in [4.69, 9.17) is 0 Å². The number of amides is 1. The molecule has 0 aromatic carbocycles. The molecule has 2 N–H and O–H groups in total. The zero-order valence-corrected chi connectivity index (χ0v) is 9.79. The number of anilines is 1. The molecule has 1 fully saturated rings. The Labute approximate surface area is 99.6 Å². The molecule has 1 aromatic heterocycles. The summed E-state index contributed by atoms with van der Waals surface area (Å²) in [6.45, 7) is 1.97. The lowest BCUT2D eigenvalue weighted by molar-refractivity contribution is -0.129. The molecule has 92 valence electrons. The van der Waals surface area contributed by atoms with Crippen molar-refractivity contribution in [1.29, 1.82) is 0 Å². The maximum Gasteiger partial charge on any atom is 0.244 e. The summed E-state index contributed by atoms with van der Waals surface area (Å²) in [5.41, 5.74) is 5.04. The Morgan fingerprint density at radius 3 is 2.71 bits per heavy atom. The van der Waals surface area contributed by atoms with Crippen molar-refractivity contribution in [1.82, 2.24) is 10.4 Å². The highest BCUT2D eigenvalue weighted by atomic mass is 19.1. The molecule has 0 aliphatic heterocycles. The first-order valence-electron chi connectivity index (χ1n) is 5.78. The number of nitrogens with zero attached hydrogens (tertiary/aromatic N) is 1. The van der Waals surface area contributed by atoms with Gasteiger partial charge in [0.05, 0.1) is 6.20 Å². The van der Waals surface area contributed by atoms with E-state index in [0.717, 1.165) is 31.9 Å². The summed E-state index contributed by atoms with van der Waals surface area (Å²) < 4.78 is 12.6. The number of carbonyl (C=O) groups excluding carboxylic acids is 1. The normalized spacial score (nSPS) is 17.8. The summed E-state index contributed by atoms with van der Waals surface area (Å²) in [6.07, 6.45) is 5.12. The summed E-state index contributed by atoms with van der Waals surface area (Å²) in [4.78, 5) is 15.7. The number of hydrogen-bond donors (Lipinski definition) is 2. The standard InChI is InChI=1S/C12H16FN3O/c1-12(6-2-3-7-12)11(17)16-15-10-5-4-9(13)8-14-10/h4-5,8H,2-3,6-7H2,1H3,(H,14,15)(H,16,17). The molecule has 0 bridgehead atoms. The van der Waals surface area contributed by atoms with Gasteiger partial charge in [0.25, 0.3) is 0 Å². The monoisotopic (exact) mass is 237 g/mol. The van der Waals surface area contributed by atoms with Crippen LogP contribution in [0, 0.1) is 11.2 Å². The number of pyridine rings is 1. The zero-order chi connectivity index (χ0) is 12.3. The SMILES string of the molecule is CC1(C(=O)NNc2ccc(F)cn2)CCCC1. The van der Waals surface area contributed by atoms with Gasteiger partial charge in [0.2, 0.25) is 5.91 Å². The van der Waals surface area contributed by atoms with Crippen molar-refractivity contribution in [3.63, 3.8) is 0 Å². The third-order valence-electron chi connectivity index (χ3n) is 3.29. The fraction of sp³-hybridized carbons (Fsp3) is 0.500. The molecule has 1 saturated carbocycles. The van der Waals surface area contributed by atoms with Gasteiger partial charge in [-0.25, -0.2) is 9.37 Å². The lowest BCUT2D eigenvalue weighted by atomic mass is 9.88. The average molecular weight is 237 g/mol. The third-order valence-corrected chi connectivity index (χ3v) is 3.29. The minimum atomic E-state index is -0.398. The van der Waals surface area contributed by atoms with Crippen LogP contribution in [0.3, 0.4) is 0 Å². The van der Waals surface area contributed by atoms with Crippen molar-refractivity contribution in [3.05, 3.63) is 24.1 Å². The number of hydrogen-bond acceptors (Lipinski definition) is 3. The van der Waals surface area contributed by atoms with Crippen molar-refractivity contribution in [2.75, 3.05) is 5.43 Å². The van der Waals surface area contributed by atoms with E-state index in [1.807, 2.05) is 6.92 Å². The fourth-order valence-electron chi connectivity index (χ4n) is 2.10.